The van der Waals surface area contributed by atoms with E-state index in [1.807, 2.05) is 36.2 Å². The van der Waals surface area contributed by atoms with Gasteiger partial charge in [-0.1, -0.05) is 32.9 Å². The minimum atomic E-state index is -0.120. The van der Waals surface area contributed by atoms with Crippen molar-refractivity contribution in [3.63, 3.8) is 0 Å². The van der Waals surface area contributed by atoms with Crippen LogP contribution < -0.4 is 10.6 Å². The van der Waals surface area contributed by atoms with Crippen LogP contribution in [0.4, 0.5) is 0 Å². The van der Waals surface area contributed by atoms with Crippen LogP contribution in [0, 0.1) is 0 Å². The van der Waals surface area contributed by atoms with Gasteiger partial charge in [-0.25, -0.2) is 0 Å². The van der Waals surface area contributed by atoms with Gasteiger partial charge in [0.2, 0.25) is 5.91 Å². The predicted octanol–water partition coefficient (Wildman–Crippen LogP) is 2.85. The van der Waals surface area contributed by atoms with Crippen LogP contribution in [0.1, 0.15) is 68.8 Å². The molecule has 2 bridgehead atoms. The molecule has 0 spiro atoms. The van der Waals surface area contributed by atoms with Crippen LogP contribution in [0.15, 0.2) is 24.3 Å². The summed E-state index contributed by atoms with van der Waals surface area (Å²) < 4.78 is 0. The van der Waals surface area contributed by atoms with E-state index in [0.717, 1.165) is 12.8 Å². The van der Waals surface area contributed by atoms with Crippen LogP contribution in [-0.2, 0) is 10.2 Å². The van der Waals surface area contributed by atoms with Crippen LogP contribution in [0.25, 0.3) is 0 Å². The standard InChI is InChI=1S/C22H33N3O2/c1-22(2,3)16-7-5-15(6-8-16)21(27)23-12-11-20(26)25(4)19-13-17-9-10-18(14-19)24-17/h5-8,17-19,24H,9-14H2,1-4H3,(H,23,27). The van der Waals surface area contributed by atoms with E-state index in [-0.39, 0.29) is 17.2 Å². The third kappa shape index (κ3) is 4.89. The van der Waals surface area contributed by atoms with E-state index in [1.165, 1.54) is 18.4 Å². The minimum absolute atomic E-state index is 0.0696. The number of amides is 2. The highest BCUT2D eigenvalue weighted by Crippen LogP contribution is 2.29. The first-order chi connectivity index (χ1) is 12.7. The number of piperidine rings is 1. The molecule has 2 saturated heterocycles. The summed E-state index contributed by atoms with van der Waals surface area (Å²) in [4.78, 5) is 26.7. The molecule has 1 aromatic rings. The number of nitrogens with one attached hydrogen (secondary N) is 2. The van der Waals surface area contributed by atoms with Gasteiger partial charge >= 0.3 is 0 Å². The Balaban J connectivity index is 1.44. The molecule has 5 heteroatoms. The van der Waals surface area contributed by atoms with Gasteiger partial charge in [0.05, 0.1) is 0 Å². The van der Waals surface area contributed by atoms with Gasteiger partial charge in [-0.3, -0.25) is 9.59 Å². The summed E-state index contributed by atoms with van der Waals surface area (Å²) in [6.45, 7) is 6.83. The van der Waals surface area contributed by atoms with Gasteiger partial charge in [-0.15, -0.1) is 0 Å². The first-order valence-electron chi connectivity index (χ1n) is 10.1. The van der Waals surface area contributed by atoms with E-state index >= 15 is 0 Å². The van der Waals surface area contributed by atoms with E-state index in [0.29, 0.717) is 36.7 Å². The second-order valence-corrected chi connectivity index (χ2v) is 9.10. The van der Waals surface area contributed by atoms with E-state index in [1.54, 1.807) is 0 Å². The number of carbonyl (C=O) groups excluding carboxylic acids is 2. The zero-order valence-corrected chi connectivity index (χ0v) is 17.0. The van der Waals surface area contributed by atoms with Crippen molar-refractivity contribution >= 4 is 11.8 Å². The van der Waals surface area contributed by atoms with Crippen molar-refractivity contribution in [2.24, 2.45) is 0 Å². The third-order valence-electron chi connectivity index (χ3n) is 6.03. The van der Waals surface area contributed by atoms with Gasteiger partial charge in [-0.2, -0.15) is 0 Å². The average Bonchev–Trinajstić information content (AvgIpc) is 2.98. The molecular formula is C22H33N3O2. The zero-order chi connectivity index (χ0) is 19.6. The Labute approximate surface area is 162 Å². The normalized spacial score (nSPS) is 24.5. The lowest BCUT2D eigenvalue weighted by atomic mass is 9.87. The molecule has 0 aliphatic carbocycles. The summed E-state index contributed by atoms with van der Waals surface area (Å²) in [5.74, 6) is -0.00416. The number of hydrogen-bond donors (Lipinski definition) is 2. The maximum absolute atomic E-state index is 12.5. The van der Waals surface area contributed by atoms with Crippen molar-refractivity contribution in [2.45, 2.75) is 76.4 Å². The fourth-order valence-corrected chi connectivity index (χ4v) is 4.23. The largest absolute Gasteiger partial charge is 0.352 e. The van der Waals surface area contributed by atoms with Crippen LogP contribution in [0.5, 0.6) is 0 Å². The lowest BCUT2D eigenvalue weighted by Gasteiger charge is -2.35. The Hall–Kier alpha value is -1.88. The summed E-state index contributed by atoms with van der Waals surface area (Å²) in [6, 6.07) is 9.18. The summed E-state index contributed by atoms with van der Waals surface area (Å²) in [6.07, 6.45) is 4.90. The minimum Gasteiger partial charge on any atom is -0.352 e. The number of benzene rings is 1. The van der Waals surface area contributed by atoms with Gasteiger partial charge < -0.3 is 15.5 Å². The van der Waals surface area contributed by atoms with Gasteiger partial charge in [0, 0.05) is 43.7 Å². The molecule has 0 aromatic heterocycles. The maximum Gasteiger partial charge on any atom is 0.251 e. The number of fused-ring (bicyclic) bond motifs is 2. The molecule has 5 nitrogen and oxygen atoms in total. The first kappa shape index (κ1) is 19.9. The molecule has 2 unspecified atom stereocenters. The molecule has 2 atom stereocenters. The summed E-state index contributed by atoms with van der Waals surface area (Å²) in [7, 11) is 1.91. The molecule has 2 fully saturated rings. The van der Waals surface area contributed by atoms with E-state index in [4.69, 9.17) is 0 Å². The molecule has 0 radical (unpaired) electrons. The van der Waals surface area contributed by atoms with E-state index in [2.05, 4.69) is 31.4 Å². The van der Waals surface area contributed by atoms with E-state index < -0.39 is 0 Å². The number of carbonyl (C=O) groups is 2. The highest BCUT2D eigenvalue weighted by atomic mass is 16.2. The van der Waals surface area contributed by atoms with Crippen LogP contribution in [0.2, 0.25) is 0 Å². The fraction of sp³-hybridized carbons (Fsp3) is 0.636. The average molecular weight is 372 g/mol. The molecule has 27 heavy (non-hydrogen) atoms. The zero-order valence-electron chi connectivity index (χ0n) is 17.0. The lowest BCUT2D eigenvalue weighted by molar-refractivity contribution is -0.132. The molecule has 2 amide bonds. The topological polar surface area (TPSA) is 61.4 Å². The van der Waals surface area contributed by atoms with Gasteiger partial charge in [0.25, 0.3) is 5.91 Å². The Bertz CT molecular complexity index is 666. The van der Waals surface area contributed by atoms with Crippen molar-refractivity contribution in [2.75, 3.05) is 13.6 Å². The molecule has 2 aliphatic rings. The quantitative estimate of drug-likeness (QED) is 0.837. The third-order valence-corrected chi connectivity index (χ3v) is 6.03. The predicted molar refractivity (Wildman–Crippen MR) is 108 cm³/mol. The van der Waals surface area contributed by atoms with Gasteiger partial charge in [0.1, 0.15) is 0 Å². The Morgan fingerprint density at radius 3 is 2.26 bits per heavy atom. The monoisotopic (exact) mass is 371 g/mol. The summed E-state index contributed by atoms with van der Waals surface area (Å²) >= 11 is 0. The number of nitrogens with zero attached hydrogens (tertiary/aromatic N) is 1. The number of rotatable bonds is 5. The summed E-state index contributed by atoms with van der Waals surface area (Å²) in [5, 5.41) is 6.49. The first-order valence-corrected chi connectivity index (χ1v) is 10.1. The Kier molecular flexibility index (Phi) is 5.89. The molecule has 148 valence electrons. The maximum atomic E-state index is 12.5. The molecule has 1 aromatic carbocycles. The SMILES string of the molecule is CN(C(=O)CCNC(=O)c1ccc(C(C)(C)C)cc1)C1CC2CCC(C1)N2. The van der Waals surface area contributed by atoms with Gasteiger partial charge in [0.15, 0.2) is 0 Å². The van der Waals surface area contributed by atoms with Crippen molar-refractivity contribution in [3.8, 4) is 0 Å². The van der Waals surface area contributed by atoms with Crippen molar-refractivity contribution in [3.05, 3.63) is 35.4 Å². The fourth-order valence-electron chi connectivity index (χ4n) is 4.23. The van der Waals surface area contributed by atoms with Crippen molar-refractivity contribution in [1.29, 1.82) is 0 Å². The van der Waals surface area contributed by atoms with Crippen LogP contribution in [-0.4, -0.2) is 48.4 Å². The van der Waals surface area contributed by atoms with Crippen LogP contribution >= 0.6 is 0 Å². The number of hydrogen-bond acceptors (Lipinski definition) is 3. The van der Waals surface area contributed by atoms with Crippen molar-refractivity contribution < 1.29 is 9.59 Å². The summed E-state index contributed by atoms with van der Waals surface area (Å²) in [5.41, 5.74) is 1.91. The molecule has 0 saturated carbocycles. The molecular weight excluding hydrogens is 338 g/mol. The molecule has 3 rings (SSSR count). The van der Waals surface area contributed by atoms with Crippen molar-refractivity contribution in [1.82, 2.24) is 15.5 Å². The van der Waals surface area contributed by atoms with Gasteiger partial charge in [-0.05, 0) is 48.8 Å². The second-order valence-electron chi connectivity index (χ2n) is 9.10. The molecule has 2 N–H and O–H groups in total. The van der Waals surface area contributed by atoms with E-state index in [9.17, 15) is 9.59 Å². The molecule has 2 aliphatic heterocycles. The Morgan fingerprint density at radius 1 is 1.11 bits per heavy atom. The molecule has 2 heterocycles. The lowest BCUT2D eigenvalue weighted by Crippen LogP contribution is -2.49. The Morgan fingerprint density at radius 2 is 1.70 bits per heavy atom. The highest BCUT2D eigenvalue weighted by molar-refractivity contribution is 5.94. The second kappa shape index (κ2) is 8.01. The van der Waals surface area contributed by atoms with Crippen LogP contribution in [0.3, 0.4) is 0 Å². The smallest absolute Gasteiger partial charge is 0.251 e. The highest BCUT2D eigenvalue weighted by Gasteiger charge is 2.36.